The summed E-state index contributed by atoms with van der Waals surface area (Å²) >= 11 is 1.64. The molecular formula is C12H21N3OS. The quantitative estimate of drug-likeness (QED) is 0.775. The number of aryl methyl sites for hydroxylation is 1. The van der Waals surface area contributed by atoms with E-state index in [-0.39, 0.29) is 5.91 Å². The second kappa shape index (κ2) is 7.40. The lowest BCUT2D eigenvalue weighted by Crippen LogP contribution is -2.29. The molecule has 0 saturated heterocycles. The monoisotopic (exact) mass is 255 g/mol. The predicted octanol–water partition coefficient (Wildman–Crippen LogP) is 1.49. The number of amides is 1. The van der Waals surface area contributed by atoms with Crippen LogP contribution in [0.25, 0.3) is 0 Å². The summed E-state index contributed by atoms with van der Waals surface area (Å²) in [5.74, 6) is 0.394. The molecule has 1 aromatic heterocycles. The highest BCUT2D eigenvalue weighted by molar-refractivity contribution is 7.09. The van der Waals surface area contributed by atoms with Gasteiger partial charge in [-0.1, -0.05) is 13.3 Å². The summed E-state index contributed by atoms with van der Waals surface area (Å²) in [5, 5.41) is 6.02. The van der Waals surface area contributed by atoms with E-state index in [1.165, 1.54) is 0 Å². The summed E-state index contributed by atoms with van der Waals surface area (Å²) in [6.45, 7) is 5.28. The van der Waals surface area contributed by atoms with Crippen LogP contribution in [0.3, 0.4) is 0 Å². The molecule has 0 aromatic carbocycles. The van der Waals surface area contributed by atoms with E-state index in [4.69, 9.17) is 5.73 Å². The zero-order valence-corrected chi connectivity index (χ0v) is 11.3. The first-order chi connectivity index (χ1) is 8.15. The number of thiazole rings is 1. The Balaban J connectivity index is 2.20. The van der Waals surface area contributed by atoms with E-state index in [9.17, 15) is 4.79 Å². The van der Waals surface area contributed by atoms with Crippen molar-refractivity contribution in [1.82, 2.24) is 10.3 Å². The third-order valence-corrected chi connectivity index (χ3v) is 3.58. The van der Waals surface area contributed by atoms with Crippen LogP contribution in [-0.4, -0.2) is 24.0 Å². The molecule has 1 aromatic rings. The van der Waals surface area contributed by atoms with E-state index in [0.29, 0.717) is 25.4 Å². The van der Waals surface area contributed by atoms with Gasteiger partial charge >= 0.3 is 0 Å². The number of nitrogens with two attached hydrogens (primary N) is 1. The van der Waals surface area contributed by atoms with Crippen molar-refractivity contribution in [2.45, 2.75) is 33.1 Å². The first-order valence-corrected chi connectivity index (χ1v) is 6.91. The van der Waals surface area contributed by atoms with Crippen molar-refractivity contribution in [3.8, 4) is 0 Å². The molecule has 1 atom stereocenters. The van der Waals surface area contributed by atoms with Crippen molar-refractivity contribution in [2.75, 3.05) is 13.1 Å². The minimum absolute atomic E-state index is 0.0919. The molecule has 0 fully saturated rings. The Bertz CT molecular complexity index is 347. The number of aromatic nitrogens is 1. The molecule has 1 heterocycles. The molecule has 3 N–H and O–H groups in total. The second-order valence-corrected chi connectivity index (χ2v) is 5.23. The largest absolute Gasteiger partial charge is 0.356 e. The van der Waals surface area contributed by atoms with Gasteiger partial charge in [-0.15, -0.1) is 11.3 Å². The van der Waals surface area contributed by atoms with Crippen LogP contribution in [0.4, 0.5) is 0 Å². The van der Waals surface area contributed by atoms with Gasteiger partial charge in [-0.05, 0) is 19.4 Å². The molecule has 0 spiro atoms. The molecule has 96 valence electrons. The third-order valence-electron chi connectivity index (χ3n) is 2.75. The van der Waals surface area contributed by atoms with Crippen LogP contribution in [-0.2, 0) is 11.2 Å². The molecule has 0 aliphatic rings. The van der Waals surface area contributed by atoms with E-state index >= 15 is 0 Å². The Morgan fingerprint density at radius 2 is 2.41 bits per heavy atom. The van der Waals surface area contributed by atoms with Crippen LogP contribution in [0.2, 0.25) is 0 Å². The molecule has 0 aliphatic carbocycles. The zero-order valence-electron chi connectivity index (χ0n) is 10.5. The molecule has 0 radical (unpaired) electrons. The number of carbonyl (C=O) groups is 1. The Hall–Kier alpha value is -0.940. The van der Waals surface area contributed by atoms with E-state index in [0.717, 1.165) is 23.5 Å². The fourth-order valence-corrected chi connectivity index (χ4v) is 2.23. The molecular weight excluding hydrogens is 234 g/mol. The van der Waals surface area contributed by atoms with Gasteiger partial charge in [0.15, 0.2) is 0 Å². The van der Waals surface area contributed by atoms with Gasteiger partial charge in [-0.3, -0.25) is 4.79 Å². The van der Waals surface area contributed by atoms with E-state index in [1.54, 1.807) is 11.3 Å². The highest BCUT2D eigenvalue weighted by Gasteiger charge is 2.09. The van der Waals surface area contributed by atoms with E-state index in [2.05, 4.69) is 17.2 Å². The van der Waals surface area contributed by atoms with Crippen molar-refractivity contribution >= 4 is 17.2 Å². The topological polar surface area (TPSA) is 68.0 Å². The van der Waals surface area contributed by atoms with Gasteiger partial charge in [0.2, 0.25) is 5.91 Å². The van der Waals surface area contributed by atoms with Crippen LogP contribution >= 0.6 is 11.3 Å². The Labute approximate surface area is 107 Å². The van der Waals surface area contributed by atoms with Crippen LogP contribution in [0.1, 0.15) is 30.5 Å². The lowest BCUT2D eigenvalue weighted by Gasteiger charge is -2.11. The zero-order chi connectivity index (χ0) is 12.7. The maximum atomic E-state index is 11.6. The maximum absolute atomic E-state index is 11.6. The fourth-order valence-electron chi connectivity index (χ4n) is 1.58. The summed E-state index contributed by atoms with van der Waals surface area (Å²) in [6.07, 6.45) is 2.29. The van der Waals surface area contributed by atoms with Gasteiger partial charge in [0.25, 0.3) is 0 Å². The average molecular weight is 255 g/mol. The summed E-state index contributed by atoms with van der Waals surface area (Å²) < 4.78 is 0. The first-order valence-electron chi connectivity index (χ1n) is 6.03. The molecule has 4 nitrogen and oxygen atoms in total. The van der Waals surface area contributed by atoms with Gasteiger partial charge in [0, 0.05) is 24.8 Å². The van der Waals surface area contributed by atoms with Gasteiger partial charge in [-0.2, -0.15) is 0 Å². The van der Waals surface area contributed by atoms with Crippen LogP contribution in [0.15, 0.2) is 5.38 Å². The van der Waals surface area contributed by atoms with Gasteiger partial charge in [0.05, 0.1) is 10.7 Å². The Kier molecular flexibility index (Phi) is 6.15. The normalized spacial score (nSPS) is 12.4. The predicted molar refractivity (Wildman–Crippen MR) is 71.0 cm³/mol. The molecule has 0 aliphatic heterocycles. The van der Waals surface area contributed by atoms with E-state index < -0.39 is 0 Å². The lowest BCUT2D eigenvalue weighted by molar-refractivity contribution is -0.121. The minimum atomic E-state index is 0.0919. The van der Waals surface area contributed by atoms with Gasteiger partial charge in [0.1, 0.15) is 0 Å². The third kappa shape index (κ3) is 5.28. The summed E-state index contributed by atoms with van der Waals surface area (Å²) in [5.41, 5.74) is 6.62. The second-order valence-electron chi connectivity index (χ2n) is 4.17. The Morgan fingerprint density at radius 3 is 2.94 bits per heavy atom. The summed E-state index contributed by atoms with van der Waals surface area (Å²) in [6, 6.07) is 0. The molecule has 1 amide bonds. The summed E-state index contributed by atoms with van der Waals surface area (Å²) in [7, 11) is 0. The SMILES string of the molecule is CCC(CN)CC(=O)NCCc1csc(C)n1. The van der Waals surface area contributed by atoms with Gasteiger partial charge < -0.3 is 11.1 Å². The molecule has 5 heteroatoms. The average Bonchev–Trinajstić information content (AvgIpc) is 2.72. The van der Waals surface area contributed by atoms with Crippen molar-refractivity contribution in [2.24, 2.45) is 11.7 Å². The van der Waals surface area contributed by atoms with Crippen molar-refractivity contribution in [3.05, 3.63) is 16.1 Å². The number of rotatable bonds is 7. The number of hydrogen-bond acceptors (Lipinski definition) is 4. The molecule has 0 bridgehead atoms. The standard InChI is InChI=1S/C12H21N3OS/c1-3-10(7-13)6-12(16)14-5-4-11-8-17-9(2)15-11/h8,10H,3-7,13H2,1-2H3,(H,14,16). The molecule has 1 unspecified atom stereocenters. The maximum Gasteiger partial charge on any atom is 0.220 e. The van der Waals surface area contributed by atoms with Gasteiger partial charge in [-0.25, -0.2) is 4.98 Å². The number of carbonyl (C=O) groups excluding carboxylic acids is 1. The molecule has 1 rings (SSSR count). The van der Waals surface area contributed by atoms with Crippen LogP contribution < -0.4 is 11.1 Å². The number of nitrogens with one attached hydrogen (secondary N) is 1. The molecule has 17 heavy (non-hydrogen) atoms. The lowest BCUT2D eigenvalue weighted by atomic mass is 10.0. The number of hydrogen-bond donors (Lipinski definition) is 2. The van der Waals surface area contributed by atoms with Crippen molar-refractivity contribution < 1.29 is 4.79 Å². The summed E-state index contributed by atoms with van der Waals surface area (Å²) in [4.78, 5) is 15.9. The molecule has 0 saturated carbocycles. The minimum Gasteiger partial charge on any atom is -0.356 e. The van der Waals surface area contributed by atoms with Crippen LogP contribution in [0, 0.1) is 12.8 Å². The Morgan fingerprint density at radius 1 is 1.65 bits per heavy atom. The highest BCUT2D eigenvalue weighted by atomic mass is 32.1. The highest BCUT2D eigenvalue weighted by Crippen LogP contribution is 2.08. The fraction of sp³-hybridized carbons (Fsp3) is 0.667. The van der Waals surface area contributed by atoms with Crippen LogP contribution in [0.5, 0.6) is 0 Å². The number of nitrogens with zero attached hydrogens (tertiary/aromatic N) is 1. The first kappa shape index (κ1) is 14.1. The van der Waals surface area contributed by atoms with Crippen molar-refractivity contribution in [1.29, 1.82) is 0 Å². The van der Waals surface area contributed by atoms with E-state index in [1.807, 2.05) is 12.3 Å². The van der Waals surface area contributed by atoms with Crippen molar-refractivity contribution in [3.63, 3.8) is 0 Å². The smallest absolute Gasteiger partial charge is 0.220 e.